The van der Waals surface area contributed by atoms with Crippen LogP contribution in [0.3, 0.4) is 0 Å². The Morgan fingerprint density at radius 2 is 1.79 bits per heavy atom. The number of benzene rings is 2. The van der Waals surface area contributed by atoms with E-state index >= 15 is 0 Å². The first kappa shape index (κ1) is 21.2. The summed E-state index contributed by atoms with van der Waals surface area (Å²) in [5.74, 6) is -0.358. The number of thiazole rings is 1. The minimum atomic E-state index is -3.43. The number of halogens is 2. The molecule has 0 radical (unpaired) electrons. The number of carbonyl (C=O) groups is 1. The zero-order valence-corrected chi connectivity index (χ0v) is 19.1. The summed E-state index contributed by atoms with van der Waals surface area (Å²) in [5.41, 5.74) is 1.77. The number of carbonyl (C=O) groups excluding carboxylic acids is 1. The van der Waals surface area contributed by atoms with Gasteiger partial charge < -0.3 is 5.32 Å². The van der Waals surface area contributed by atoms with Crippen molar-refractivity contribution in [2.24, 2.45) is 0 Å². The zero-order valence-electron chi connectivity index (χ0n) is 14.6. The molecule has 5 nitrogen and oxygen atoms in total. The van der Waals surface area contributed by atoms with Crippen LogP contribution in [0.25, 0.3) is 11.3 Å². The van der Waals surface area contributed by atoms with Gasteiger partial charge in [-0.15, -0.1) is 11.3 Å². The van der Waals surface area contributed by atoms with Crippen LogP contribution < -0.4 is 5.32 Å². The van der Waals surface area contributed by atoms with Crippen molar-refractivity contribution in [3.05, 3.63) is 62.5 Å². The minimum absolute atomic E-state index is 0.102. The zero-order chi connectivity index (χ0) is 20.1. The maximum atomic E-state index is 12.3. The maximum Gasteiger partial charge on any atom is 0.226 e. The van der Waals surface area contributed by atoms with Crippen molar-refractivity contribution in [1.29, 1.82) is 0 Å². The average Bonchev–Trinajstić information content (AvgIpc) is 3.11. The van der Waals surface area contributed by atoms with Gasteiger partial charge in [0.25, 0.3) is 0 Å². The quantitative estimate of drug-likeness (QED) is 0.410. The first-order valence-electron chi connectivity index (χ1n) is 8.33. The van der Waals surface area contributed by atoms with Gasteiger partial charge in [0.1, 0.15) is 0 Å². The molecule has 0 bridgehead atoms. The van der Waals surface area contributed by atoms with Crippen LogP contribution in [0.4, 0.5) is 5.13 Å². The predicted octanol–water partition coefficient (Wildman–Crippen LogP) is 5.26. The van der Waals surface area contributed by atoms with Crippen molar-refractivity contribution in [1.82, 2.24) is 4.98 Å². The molecular formula is C19H16ClIN2O3S2. The van der Waals surface area contributed by atoms with Gasteiger partial charge in [0.15, 0.2) is 15.0 Å². The van der Waals surface area contributed by atoms with Gasteiger partial charge in [-0.1, -0.05) is 23.7 Å². The number of aromatic nitrogens is 1. The number of nitrogens with one attached hydrogen (secondary N) is 1. The Morgan fingerprint density at radius 1 is 1.11 bits per heavy atom. The van der Waals surface area contributed by atoms with Crippen molar-refractivity contribution < 1.29 is 13.2 Å². The fraction of sp³-hybridized carbons (Fsp3) is 0.158. The third-order valence-electron chi connectivity index (χ3n) is 3.88. The van der Waals surface area contributed by atoms with E-state index in [1.807, 2.05) is 29.6 Å². The van der Waals surface area contributed by atoms with E-state index in [1.165, 1.54) is 35.6 Å². The minimum Gasteiger partial charge on any atom is -0.302 e. The fourth-order valence-electron chi connectivity index (χ4n) is 2.45. The van der Waals surface area contributed by atoms with Crippen LogP contribution in [0, 0.1) is 3.57 Å². The van der Waals surface area contributed by atoms with Gasteiger partial charge in [-0.05, 0) is 65.4 Å². The molecule has 28 heavy (non-hydrogen) atoms. The van der Waals surface area contributed by atoms with Crippen molar-refractivity contribution in [3.63, 3.8) is 0 Å². The number of hydrogen-bond acceptors (Lipinski definition) is 5. The number of rotatable bonds is 7. The maximum absolute atomic E-state index is 12.3. The molecule has 0 unspecified atom stereocenters. The molecule has 0 atom stereocenters. The van der Waals surface area contributed by atoms with E-state index in [0.29, 0.717) is 10.2 Å². The van der Waals surface area contributed by atoms with Gasteiger partial charge in [0, 0.05) is 26.0 Å². The van der Waals surface area contributed by atoms with E-state index in [-0.39, 0.29) is 29.4 Å². The van der Waals surface area contributed by atoms with Crippen molar-refractivity contribution in [2.45, 2.75) is 17.7 Å². The van der Waals surface area contributed by atoms with Crippen LogP contribution in [0.1, 0.15) is 12.8 Å². The fourth-order valence-corrected chi connectivity index (χ4v) is 4.98. The lowest BCUT2D eigenvalue weighted by Gasteiger charge is -2.05. The van der Waals surface area contributed by atoms with Crippen LogP contribution in [-0.2, 0) is 14.6 Å². The van der Waals surface area contributed by atoms with Crippen LogP contribution in [0.2, 0.25) is 5.02 Å². The molecule has 0 fully saturated rings. The third kappa shape index (κ3) is 5.76. The van der Waals surface area contributed by atoms with Gasteiger partial charge in [-0.25, -0.2) is 13.4 Å². The molecule has 0 spiro atoms. The Balaban J connectivity index is 1.52. The SMILES string of the molecule is O=C(CCCS(=O)(=O)c1ccc(Cl)cc1)Nc1nc(-c2ccc(I)cc2)cs1. The molecule has 0 aliphatic rings. The second kappa shape index (κ2) is 9.34. The normalized spacial score (nSPS) is 11.4. The van der Waals surface area contributed by atoms with Crippen molar-refractivity contribution in [3.8, 4) is 11.3 Å². The molecule has 9 heteroatoms. The highest BCUT2D eigenvalue weighted by molar-refractivity contribution is 14.1. The number of anilines is 1. The molecule has 0 saturated carbocycles. The molecule has 0 saturated heterocycles. The summed E-state index contributed by atoms with van der Waals surface area (Å²) in [6.07, 6.45) is 0.331. The Morgan fingerprint density at radius 3 is 2.46 bits per heavy atom. The van der Waals surface area contributed by atoms with Gasteiger partial charge in [0.05, 0.1) is 16.3 Å². The van der Waals surface area contributed by atoms with Gasteiger partial charge in [0.2, 0.25) is 5.91 Å². The lowest BCUT2D eigenvalue weighted by molar-refractivity contribution is -0.116. The Hall–Kier alpha value is -1.49. The Kier molecular flexibility index (Phi) is 7.08. The second-order valence-electron chi connectivity index (χ2n) is 5.97. The topological polar surface area (TPSA) is 76.1 Å². The largest absolute Gasteiger partial charge is 0.302 e. The Bertz CT molecular complexity index is 1070. The molecule has 1 N–H and O–H groups in total. The summed E-state index contributed by atoms with van der Waals surface area (Å²) in [4.78, 5) is 16.7. The molecule has 3 rings (SSSR count). The van der Waals surface area contributed by atoms with Crippen LogP contribution in [-0.4, -0.2) is 25.1 Å². The molecule has 1 heterocycles. The van der Waals surface area contributed by atoms with E-state index in [9.17, 15) is 13.2 Å². The Labute approximate surface area is 186 Å². The van der Waals surface area contributed by atoms with E-state index in [2.05, 4.69) is 32.9 Å². The summed E-state index contributed by atoms with van der Waals surface area (Å²) >= 11 is 9.35. The van der Waals surface area contributed by atoms with E-state index < -0.39 is 9.84 Å². The van der Waals surface area contributed by atoms with Crippen LogP contribution in [0.5, 0.6) is 0 Å². The summed E-state index contributed by atoms with van der Waals surface area (Å²) in [6.45, 7) is 0. The smallest absolute Gasteiger partial charge is 0.226 e. The average molecular weight is 547 g/mol. The lowest BCUT2D eigenvalue weighted by Crippen LogP contribution is -2.14. The highest BCUT2D eigenvalue weighted by Gasteiger charge is 2.15. The standard InChI is InChI=1S/C19H16ClIN2O3S2/c20-14-5-9-16(10-6-14)28(25,26)11-1-2-18(24)23-19-22-17(12-27-19)13-3-7-15(21)8-4-13/h3-10,12H,1-2,11H2,(H,22,23,24). The molecule has 3 aromatic rings. The first-order valence-corrected chi connectivity index (χ1v) is 12.3. The number of amides is 1. The van der Waals surface area contributed by atoms with E-state index in [4.69, 9.17) is 11.6 Å². The third-order valence-corrected chi connectivity index (χ3v) is 7.43. The van der Waals surface area contributed by atoms with Gasteiger partial charge in [-0.2, -0.15) is 0 Å². The molecule has 2 aromatic carbocycles. The highest BCUT2D eigenvalue weighted by atomic mass is 127. The first-order chi connectivity index (χ1) is 13.3. The summed E-state index contributed by atoms with van der Waals surface area (Å²) in [7, 11) is -3.43. The summed E-state index contributed by atoms with van der Waals surface area (Å²) < 4.78 is 25.7. The number of sulfone groups is 1. The molecule has 1 aromatic heterocycles. The van der Waals surface area contributed by atoms with Crippen molar-refractivity contribution >= 4 is 66.4 Å². The lowest BCUT2D eigenvalue weighted by atomic mass is 10.2. The summed E-state index contributed by atoms with van der Waals surface area (Å²) in [6, 6.07) is 14.0. The predicted molar refractivity (Wildman–Crippen MR) is 122 cm³/mol. The molecular weight excluding hydrogens is 531 g/mol. The van der Waals surface area contributed by atoms with Crippen LogP contribution >= 0.6 is 45.5 Å². The number of hydrogen-bond donors (Lipinski definition) is 1. The monoisotopic (exact) mass is 546 g/mol. The number of nitrogens with zero attached hydrogens (tertiary/aromatic N) is 1. The van der Waals surface area contributed by atoms with Gasteiger partial charge in [-0.3, -0.25) is 4.79 Å². The second-order valence-corrected chi connectivity index (χ2v) is 10.6. The summed E-state index contributed by atoms with van der Waals surface area (Å²) in [5, 5.41) is 5.59. The van der Waals surface area contributed by atoms with Crippen molar-refractivity contribution in [2.75, 3.05) is 11.1 Å². The highest BCUT2D eigenvalue weighted by Crippen LogP contribution is 2.25. The molecule has 0 aliphatic carbocycles. The van der Waals surface area contributed by atoms with Gasteiger partial charge >= 0.3 is 0 Å². The molecule has 1 amide bonds. The van der Waals surface area contributed by atoms with E-state index in [0.717, 1.165) is 14.8 Å². The molecule has 146 valence electrons. The van der Waals surface area contributed by atoms with E-state index in [1.54, 1.807) is 0 Å². The van der Waals surface area contributed by atoms with Crippen LogP contribution in [0.15, 0.2) is 58.8 Å². The molecule has 0 aliphatic heterocycles.